The second kappa shape index (κ2) is 7.92. The number of hydrogen-bond acceptors (Lipinski definition) is 3. The third-order valence-electron chi connectivity index (χ3n) is 2.82. The van der Waals surface area contributed by atoms with Crippen LogP contribution in [0.5, 0.6) is 5.75 Å². The van der Waals surface area contributed by atoms with Crippen LogP contribution in [0.4, 0.5) is 11.4 Å². The molecule has 0 spiro atoms. The highest BCUT2D eigenvalue weighted by atomic mass is 35.5. The highest BCUT2D eigenvalue weighted by molar-refractivity contribution is 6.35. The van der Waals surface area contributed by atoms with Gasteiger partial charge < -0.3 is 15.4 Å². The van der Waals surface area contributed by atoms with E-state index in [4.69, 9.17) is 27.9 Å². The second-order valence-corrected chi connectivity index (χ2v) is 5.33. The van der Waals surface area contributed by atoms with E-state index >= 15 is 0 Å². The van der Waals surface area contributed by atoms with Gasteiger partial charge in [-0.25, -0.2) is 0 Å². The topological polar surface area (TPSA) is 50.4 Å². The maximum absolute atomic E-state index is 11.9. The molecular formula is C16H16Cl2N2O2. The Hall–Kier alpha value is -1.91. The number of hydrogen-bond donors (Lipinski definition) is 2. The van der Waals surface area contributed by atoms with Gasteiger partial charge in [0.1, 0.15) is 5.75 Å². The smallest absolute Gasteiger partial charge is 0.243 e. The van der Waals surface area contributed by atoms with Gasteiger partial charge in [0.2, 0.25) is 5.91 Å². The minimum atomic E-state index is -0.180. The Balaban J connectivity index is 1.88. The van der Waals surface area contributed by atoms with Gasteiger partial charge >= 0.3 is 0 Å². The van der Waals surface area contributed by atoms with Gasteiger partial charge in [-0.3, -0.25) is 4.79 Å². The summed E-state index contributed by atoms with van der Waals surface area (Å²) in [7, 11) is 0. The van der Waals surface area contributed by atoms with Crippen molar-refractivity contribution in [1.82, 2.24) is 0 Å². The van der Waals surface area contributed by atoms with Gasteiger partial charge in [-0.1, -0.05) is 23.2 Å². The summed E-state index contributed by atoms with van der Waals surface area (Å²) >= 11 is 11.9. The minimum absolute atomic E-state index is 0.0905. The fourth-order valence-corrected chi connectivity index (χ4v) is 2.17. The molecule has 0 saturated carbocycles. The number of ether oxygens (including phenoxy) is 1. The Morgan fingerprint density at radius 3 is 2.55 bits per heavy atom. The Labute approximate surface area is 139 Å². The molecule has 0 radical (unpaired) electrons. The Kier molecular flexibility index (Phi) is 5.92. The summed E-state index contributed by atoms with van der Waals surface area (Å²) in [4.78, 5) is 11.9. The summed E-state index contributed by atoms with van der Waals surface area (Å²) in [6.45, 7) is 2.62. The average molecular weight is 339 g/mol. The fraction of sp³-hybridized carbons (Fsp3) is 0.188. The van der Waals surface area contributed by atoms with Crippen molar-refractivity contribution in [1.29, 1.82) is 0 Å². The van der Waals surface area contributed by atoms with Gasteiger partial charge in [-0.05, 0) is 49.4 Å². The van der Waals surface area contributed by atoms with Gasteiger partial charge in [0.05, 0.1) is 23.9 Å². The first-order valence-corrected chi connectivity index (χ1v) is 7.55. The average Bonchev–Trinajstić information content (AvgIpc) is 2.50. The molecule has 2 N–H and O–H groups in total. The molecule has 2 aromatic rings. The predicted octanol–water partition coefficient (Wildman–Crippen LogP) is 4.44. The van der Waals surface area contributed by atoms with Crippen molar-refractivity contribution in [2.75, 3.05) is 23.8 Å². The lowest BCUT2D eigenvalue weighted by atomic mass is 10.3. The van der Waals surface area contributed by atoms with Crippen LogP contribution in [0.2, 0.25) is 10.0 Å². The number of anilines is 2. The van der Waals surface area contributed by atoms with Crippen molar-refractivity contribution < 1.29 is 9.53 Å². The van der Waals surface area contributed by atoms with Gasteiger partial charge in [-0.15, -0.1) is 0 Å². The zero-order valence-electron chi connectivity index (χ0n) is 12.0. The lowest BCUT2D eigenvalue weighted by molar-refractivity contribution is -0.114. The SMILES string of the molecule is CCOc1ccc(NC(=O)CNc2cc(Cl)ccc2Cl)cc1. The molecule has 2 aromatic carbocycles. The number of carbonyl (C=O) groups excluding carboxylic acids is 1. The number of nitrogens with one attached hydrogen (secondary N) is 2. The van der Waals surface area contributed by atoms with Crippen LogP contribution in [0.1, 0.15) is 6.92 Å². The molecule has 2 rings (SSSR count). The van der Waals surface area contributed by atoms with Crippen LogP contribution < -0.4 is 15.4 Å². The first kappa shape index (κ1) is 16.5. The molecule has 0 aliphatic rings. The molecule has 0 unspecified atom stereocenters. The molecule has 0 fully saturated rings. The number of rotatable bonds is 6. The molecule has 0 bridgehead atoms. The van der Waals surface area contributed by atoms with Crippen LogP contribution in [-0.4, -0.2) is 19.1 Å². The van der Waals surface area contributed by atoms with Crippen molar-refractivity contribution in [2.45, 2.75) is 6.92 Å². The van der Waals surface area contributed by atoms with E-state index in [1.54, 1.807) is 42.5 Å². The minimum Gasteiger partial charge on any atom is -0.494 e. The lowest BCUT2D eigenvalue weighted by Gasteiger charge is -2.10. The molecule has 1 amide bonds. The van der Waals surface area contributed by atoms with Crippen LogP contribution in [0.3, 0.4) is 0 Å². The van der Waals surface area contributed by atoms with E-state index in [1.165, 1.54) is 0 Å². The van der Waals surface area contributed by atoms with Gasteiger partial charge in [0.15, 0.2) is 0 Å². The van der Waals surface area contributed by atoms with E-state index < -0.39 is 0 Å². The van der Waals surface area contributed by atoms with Crippen molar-refractivity contribution in [3.63, 3.8) is 0 Å². The molecule has 6 heteroatoms. The molecule has 0 aliphatic heterocycles. The largest absolute Gasteiger partial charge is 0.494 e. The summed E-state index contributed by atoms with van der Waals surface area (Å²) < 4.78 is 5.34. The third-order valence-corrected chi connectivity index (χ3v) is 3.38. The maximum atomic E-state index is 11.9. The van der Waals surface area contributed by atoms with E-state index in [0.29, 0.717) is 28.0 Å². The predicted molar refractivity (Wildman–Crippen MR) is 91.2 cm³/mol. The van der Waals surface area contributed by atoms with Crippen LogP contribution >= 0.6 is 23.2 Å². The van der Waals surface area contributed by atoms with Gasteiger partial charge in [0.25, 0.3) is 0 Å². The van der Waals surface area contributed by atoms with Crippen molar-refractivity contribution in [2.24, 2.45) is 0 Å². The third kappa shape index (κ3) is 4.83. The molecular weight excluding hydrogens is 323 g/mol. The summed E-state index contributed by atoms with van der Waals surface area (Å²) in [6, 6.07) is 12.2. The number of amides is 1. The van der Waals surface area contributed by atoms with Gasteiger partial charge in [-0.2, -0.15) is 0 Å². The Bertz CT molecular complexity index is 645. The summed E-state index contributed by atoms with van der Waals surface area (Å²) in [5.74, 6) is 0.588. The molecule has 0 atom stereocenters. The quantitative estimate of drug-likeness (QED) is 0.818. The fourth-order valence-electron chi connectivity index (χ4n) is 1.81. The molecule has 4 nitrogen and oxygen atoms in total. The van der Waals surface area contributed by atoms with Crippen molar-refractivity contribution in [3.8, 4) is 5.75 Å². The molecule has 0 aromatic heterocycles. The standard InChI is InChI=1S/C16H16Cl2N2O2/c1-2-22-13-6-4-12(5-7-13)20-16(21)10-19-15-9-11(17)3-8-14(15)18/h3-9,19H,2,10H2,1H3,(H,20,21). The number of benzene rings is 2. The number of carbonyl (C=O) groups is 1. The maximum Gasteiger partial charge on any atom is 0.243 e. The lowest BCUT2D eigenvalue weighted by Crippen LogP contribution is -2.21. The Morgan fingerprint density at radius 2 is 1.86 bits per heavy atom. The van der Waals surface area contributed by atoms with Crippen molar-refractivity contribution in [3.05, 3.63) is 52.5 Å². The summed E-state index contributed by atoms with van der Waals surface area (Å²) in [5.41, 5.74) is 1.32. The highest BCUT2D eigenvalue weighted by Crippen LogP contribution is 2.25. The zero-order chi connectivity index (χ0) is 15.9. The Morgan fingerprint density at radius 1 is 1.14 bits per heavy atom. The van der Waals surface area contributed by atoms with E-state index in [9.17, 15) is 4.79 Å². The monoisotopic (exact) mass is 338 g/mol. The highest BCUT2D eigenvalue weighted by Gasteiger charge is 2.05. The van der Waals surface area contributed by atoms with Crippen LogP contribution in [0.15, 0.2) is 42.5 Å². The normalized spacial score (nSPS) is 10.1. The van der Waals surface area contributed by atoms with Crippen LogP contribution in [-0.2, 0) is 4.79 Å². The summed E-state index contributed by atoms with van der Waals surface area (Å²) in [5, 5.41) is 6.80. The molecule has 116 valence electrons. The van der Waals surface area contributed by atoms with Gasteiger partial charge in [0, 0.05) is 10.7 Å². The molecule has 0 heterocycles. The van der Waals surface area contributed by atoms with E-state index in [0.717, 1.165) is 5.75 Å². The number of halogens is 2. The first-order chi connectivity index (χ1) is 10.6. The molecule has 0 saturated heterocycles. The molecule has 22 heavy (non-hydrogen) atoms. The van der Waals surface area contributed by atoms with E-state index in [1.807, 2.05) is 6.92 Å². The zero-order valence-corrected chi connectivity index (χ0v) is 13.5. The van der Waals surface area contributed by atoms with Crippen LogP contribution in [0, 0.1) is 0 Å². The van der Waals surface area contributed by atoms with E-state index in [2.05, 4.69) is 10.6 Å². The summed E-state index contributed by atoms with van der Waals surface area (Å²) in [6.07, 6.45) is 0. The van der Waals surface area contributed by atoms with Crippen LogP contribution in [0.25, 0.3) is 0 Å². The second-order valence-electron chi connectivity index (χ2n) is 4.48. The first-order valence-electron chi connectivity index (χ1n) is 6.80. The van der Waals surface area contributed by atoms with Crippen molar-refractivity contribution >= 4 is 40.5 Å². The van der Waals surface area contributed by atoms with E-state index in [-0.39, 0.29) is 12.5 Å². The molecule has 0 aliphatic carbocycles.